The van der Waals surface area contributed by atoms with E-state index in [4.69, 9.17) is 4.74 Å². The van der Waals surface area contributed by atoms with Crippen molar-refractivity contribution in [3.05, 3.63) is 48.8 Å². The van der Waals surface area contributed by atoms with Gasteiger partial charge in [0.15, 0.2) is 0 Å². The standard InChI is InChI=1S/C12H15N3O2/c1-4-7-10(5-2)12(16)17-9-11-8-15(6-3)14-13-11/h4-5,7-8H,1-2,6,9H2,3H3/b10-7+. The fourth-order valence-corrected chi connectivity index (χ4v) is 1.13. The maximum Gasteiger partial charge on any atom is 0.338 e. The Labute approximate surface area is 100 Å². The lowest BCUT2D eigenvalue weighted by molar-refractivity contribution is -0.140. The van der Waals surface area contributed by atoms with Crippen LogP contribution in [0.4, 0.5) is 0 Å². The first-order chi connectivity index (χ1) is 8.21. The fourth-order valence-electron chi connectivity index (χ4n) is 1.13. The first-order valence-corrected chi connectivity index (χ1v) is 5.22. The molecule has 0 spiro atoms. The number of carbonyl (C=O) groups excluding carboxylic acids is 1. The Kier molecular flexibility index (Phi) is 4.87. The number of aryl methyl sites for hydroxylation is 1. The lowest BCUT2D eigenvalue weighted by Crippen LogP contribution is -2.06. The van der Waals surface area contributed by atoms with Crippen molar-refractivity contribution in [3.8, 4) is 0 Å². The molecule has 0 unspecified atom stereocenters. The summed E-state index contributed by atoms with van der Waals surface area (Å²) in [7, 11) is 0. The maximum absolute atomic E-state index is 11.5. The van der Waals surface area contributed by atoms with Crippen LogP contribution >= 0.6 is 0 Å². The monoisotopic (exact) mass is 233 g/mol. The molecule has 0 radical (unpaired) electrons. The molecule has 1 heterocycles. The zero-order chi connectivity index (χ0) is 12.7. The summed E-state index contributed by atoms with van der Waals surface area (Å²) in [5.41, 5.74) is 0.977. The molecule has 0 aliphatic rings. The van der Waals surface area contributed by atoms with Crippen LogP contribution in [0.5, 0.6) is 0 Å². The van der Waals surface area contributed by atoms with E-state index < -0.39 is 5.97 Å². The summed E-state index contributed by atoms with van der Waals surface area (Å²) in [6, 6.07) is 0. The van der Waals surface area contributed by atoms with Crippen molar-refractivity contribution >= 4 is 5.97 Å². The number of hydrogen-bond acceptors (Lipinski definition) is 4. The second kappa shape index (κ2) is 6.42. The molecular formula is C12H15N3O2. The number of rotatable bonds is 6. The average Bonchev–Trinajstić information content (AvgIpc) is 2.81. The molecule has 0 saturated heterocycles. The van der Waals surface area contributed by atoms with Crippen LogP contribution in [0.15, 0.2) is 43.2 Å². The number of allylic oxidation sites excluding steroid dienone is 2. The Bertz CT molecular complexity index is 446. The molecule has 1 aromatic rings. The lowest BCUT2D eigenvalue weighted by atomic mass is 10.2. The normalized spacial score (nSPS) is 11.0. The van der Waals surface area contributed by atoms with Gasteiger partial charge in [0.2, 0.25) is 0 Å². The summed E-state index contributed by atoms with van der Waals surface area (Å²) in [5.74, 6) is -0.453. The smallest absolute Gasteiger partial charge is 0.338 e. The first kappa shape index (κ1) is 12.9. The molecule has 5 heteroatoms. The van der Waals surface area contributed by atoms with Gasteiger partial charge in [0.1, 0.15) is 12.3 Å². The van der Waals surface area contributed by atoms with Crippen LogP contribution in [0, 0.1) is 0 Å². The molecule has 17 heavy (non-hydrogen) atoms. The molecule has 0 N–H and O–H groups in total. The van der Waals surface area contributed by atoms with Gasteiger partial charge in [-0.15, -0.1) is 5.10 Å². The van der Waals surface area contributed by atoms with E-state index in [2.05, 4.69) is 23.5 Å². The van der Waals surface area contributed by atoms with Crippen LogP contribution in [-0.4, -0.2) is 21.0 Å². The van der Waals surface area contributed by atoms with Gasteiger partial charge in [0.05, 0.1) is 11.8 Å². The predicted molar refractivity (Wildman–Crippen MR) is 64.0 cm³/mol. The first-order valence-electron chi connectivity index (χ1n) is 5.22. The summed E-state index contributed by atoms with van der Waals surface area (Å²) in [5, 5.41) is 7.70. The molecule has 90 valence electrons. The minimum Gasteiger partial charge on any atom is -0.455 e. The molecule has 0 aromatic carbocycles. The van der Waals surface area contributed by atoms with Crippen LogP contribution in [0.3, 0.4) is 0 Å². The molecule has 0 bridgehead atoms. The maximum atomic E-state index is 11.5. The highest BCUT2D eigenvalue weighted by atomic mass is 16.5. The third-order valence-electron chi connectivity index (χ3n) is 2.01. The van der Waals surface area contributed by atoms with E-state index in [0.29, 0.717) is 11.3 Å². The fraction of sp³-hybridized carbons (Fsp3) is 0.250. The third kappa shape index (κ3) is 3.71. The highest BCUT2D eigenvalue weighted by Crippen LogP contribution is 2.03. The topological polar surface area (TPSA) is 57.0 Å². The molecular weight excluding hydrogens is 218 g/mol. The number of carbonyl (C=O) groups is 1. The zero-order valence-electron chi connectivity index (χ0n) is 9.80. The Morgan fingerprint density at radius 3 is 2.88 bits per heavy atom. The minimum atomic E-state index is -0.453. The minimum absolute atomic E-state index is 0.0984. The molecule has 0 fully saturated rings. The van der Waals surface area contributed by atoms with Crippen LogP contribution in [0.25, 0.3) is 0 Å². The average molecular weight is 233 g/mol. The van der Waals surface area contributed by atoms with Gasteiger partial charge in [0, 0.05) is 6.54 Å². The molecule has 0 aliphatic carbocycles. The quantitative estimate of drug-likeness (QED) is 0.426. The van der Waals surface area contributed by atoms with Crippen LogP contribution in [0.1, 0.15) is 12.6 Å². The summed E-state index contributed by atoms with van der Waals surface area (Å²) in [4.78, 5) is 11.5. The zero-order valence-corrected chi connectivity index (χ0v) is 9.80. The number of hydrogen-bond donors (Lipinski definition) is 0. The van der Waals surface area contributed by atoms with Crippen molar-refractivity contribution in [2.75, 3.05) is 0 Å². The Hall–Kier alpha value is -2.17. The predicted octanol–water partition coefficient (Wildman–Crippen LogP) is 1.64. The number of nitrogens with zero attached hydrogens (tertiary/aromatic N) is 3. The van der Waals surface area contributed by atoms with Gasteiger partial charge >= 0.3 is 5.97 Å². The van der Waals surface area contributed by atoms with Gasteiger partial charge in [0.25, 0.3) is 0 Å². The summed E-state index contributed by atoms with van der Waals surface area (Å²) < 4.78 is 6.71. The summed E-state index contributed by atoms with van der Waals surface area (Å²) in [6.45, 7) is 9.81. The highest BCUT2D eigenvalue weighted by molar-refractivity contribution is 5.91. The van der Waals surface area contributed by atoms with Gasteiger partial charge in [-0.3, -0.25) is 4.68 Å². The SMILES string of the molecule is C=C/C=C(\C=C)C(=O)OCc1cn(CC)nn1. The molecule has 5 nitrogen and oxygen atoms in total. The summed E-state index contributed by atoms with van der Waals surface area (Å²) in [6.07, 6.45) is 6.20. The van der Waals surface area contributed by atoms with Crippen molar-refractivity contribution in [2.45, 2.75) is 20.1 Å². The van der Waals surface area contributed by atoms with E-state index in [-0.39, 0.29) is 6.61 Å². The Morgan fingerprint density at radius 2 is 2.35 bits per heavy atom. The molecule has 0 amide bonds. The van der Waals surface area contributed by atoms with Crippen molar-refractivity contribution in [1.82, 2.24) is 15.0 Å². The molecule has 1 rings (SSSR count). The third-order valence-corrected chi connectivity index (χ3v) is 2.01. The molecule has 0 atom stereocenters. The van der Waals surface area contributed by atoms with Crippen molar-refractivity contribution < 1.29 is 9.53 Å². The Balaban J connectivity index is 2.55. The van der Waals surface area contributed by atoms with Gasteiger partial charge in [-0.05, 0) is 13.0 Å². The van der Waals surface area contributed by atoms with E-state index in [1.54, 1.807) is 10.9 Å². The summed E-state index contributed by atoms with van der Waals surface area (Å²) >= 11 is 0. The van der Waals surface area contributed by atoms with E-state index in [1.165, 1.54) is 18.2 Å². The highest BCUT2D eigenvalue weighted by Gasteiger charge is 2.08. The Morgan fingerprint density at radius 1 is 1.59 bits per heavy atom. The van der Waals surface area contributed by atoms with Gasteiger partial charge < -0.3 is 4.74 Å². The van der Waals surface area contributed by atoms with Crippen molar-refractivity contribution in [1.29, 1.82) is 0 Å². The van der Waals surface area contributed by atoms with Gasteiger partial charge in [-0.25, -0.2) is 4.79 Å². The van der Waals surface area contributed by atoms with Crippen LogP contribution < -0.4 is 0 Å². The molecule has 0 aliphatic heterocycles. The van der Waals surface area contributed by atoms with E-state index in [9.17, 15) is 4.79 Å². The van der Waals surface area contributed by atoms with Gasteiger partial charge in [-0.1, -0.05) is 30.5 Å². The van der Waals surface area contributed by atoms with Gasteiger partial charge in [-0.2, -0.15) is 0 Å². The number of ether oxygens (including phenoxy) is 1. The van der Waals surface area contributed by atoms with E-state index >= 15 is 0 Å². The second-order valence-corrected chi connectivity index (χ2v) is 3.20. The number of esters is 1. The van der Waals surface area contributed by atoms with E-state index in [0.717, 1.165) is 6.54 Å². The molecule has 1 aromatic heterocycles. The second-order valence-electron chi connectivity index (χ2n) is 3.20. The molecule has 0 saturated carbocycles. The largest absolute Gasteiger partial charge is 0.455 e. The van der Waals surface area contributed by atoms with Crippen molar-refractivity contribution in [2.24, 2.45) is 0 Å². The van der Waals surface area contributed by atoms with Crippen molar-refractivity contribution in [3.63, 3.8) is 0 Å². The lowest BCUT2D eigenvalue weighted by Gasteiger charge is -2.01. The van der Waals surface area contributed by atoms with E-state index in [1.807, 2.05) is 6.92 Å². The van der Waals surface area contributed by atoms with Crippen LogP contribution in [-0.2, 0) is 22.7 Å². The van der Waals surface area contributed by atoms with Crippen LogP contribution in [0.2, 0.25) is 0 Å². The number of aromatic nitrogens is 3.